The first-order valence-corrected chi connectivity index (χ1v) is 10.3. The van der Waals surface area contributed by atoms with Crippen molar-refractivity contribution >= 4 is 28.5 Å². The van der Waals surface area contributed by atoms with Crippen molar-refractivity contribution in [2.24, 2.45) is 5.92 Å². The van der Waals surface area contributed by atoms with Crippen LogP contribution in [0.2, 0.25) is 5.02 Å². The molecule has 0 saturated heterocycles. The van der Waals surface area contributed by atoms with Gasteiger partial charge in [-0.2, -0.15) is 0 Å². The van der Waals surface area contributed by atoms with E-state index in [1.54, 1.807) is 0 Å². The minimum atomic E-state index is -0.226. The Bertz CT molecular complexity index is 1110. The first kappa shape index (κ1) is 19.6. The van der Waals surface area contributed by atoms with Crippen molar-refractivity contribution in [1.82, 2.24) is 19.9 Å². The van der Waals surface area contributed by atoms with E-state index in [1.807, 2.05) is 30.3 Å². The SMILES string of the molecule is C[C@@H]1CCc2nc3ncn(CC(=O)NCCc4ccc(Cl)cc4)c(=O)c3cc2C1. The Labute approximate surface area is 173 Å². The third-order valence-electron chi connectivity index (χ3n) is 5.39. The minimum absolute atomic E-state index is 0.0596. The van der Waals surface area contributed by atoms with Gasteiger partial charge in [0.25, 0.3) is 5.56 Å². The van der Waals surface area contributed by atoms with Crippen LogP contribution in [0.5, 0.6) is 0 Å². The predicted octanol–water partition coefficient (Wildman–Crippen LogP) is 2.93. The van der Waals surface area contributed by atoms with Gasteiger partial charge in [0, 0.05) is 17.3 Å². The molecule has 6 nitrogen and oxygen atoms in total. The van der Waals surface area contributed by atoms with E-state index in [0.717, 1.165) is 36.1 Å². The molecule has 0 spiro atoms. The van der Waals surface area contributed by atoms with E-state index in [2.05, 4.69) is 22.2 Å². The number of carbonyl (C=O) groups excluding carboxylic acids is 1. The number of carbonyl (C=O) groups is 1. The Morgan fingerprint density at radius 1 is 1.31 bits per heavy atom. The Kier molecular flexibility index (Phi) is 5.62. The summed E-state index contributed by atoms with van der Waals surface area (Å²) in [7, 11) is 0. The molecule has 7 heteroatoms. The molecule has 0 aliphatic heterocycles. The van der Waals surface area contributed by atoms with Crippen molar-refractivity contribution in [3.05, 3.63) is 68.9 Å². The number of benzene rings is 1. The number of halogens is 1. The van der Waals surface area contributed by atoms with Gasteiger partial charge in [-0.15, -0.1) is 0 Å². The van der Waals surface area contributed by atoms with E-state index in [0.29, 0.717) is 34.9 Å². The minimum Gasteiger partial charge on any atom is -0.354 e. The van der Waals surface area contributed by atoms with Gasteiger partial charge in [0.15, 0.2) is 5.65 Å². The standard InChI is InChI=1S/C22H23ClN4O2/c1-14-2-7-19-16(10-14)11-18-21(26-19)25-13-27(22(18)29)12-20(28)24-9-8-15-3-5-17(23)6-4-15/h3-6,11,13-14H,2,7-10,12H2,1H3,(H,24,28)/t14-/m1/s1. The number of nitrogens with one attached hydrogen (secondary N) is 1. The topological polar surface area (TPSA) is 76.9 Å². The number of rotatable bonds is 5. The van der Waals surface area contributed by atoms with Gasteiger partial charge in [0.05, 0.1) is 5.39 Å². The van der Waals surface area contributed by atoms with Crippen LogP contribution in [-0.2, 0) is 30.6 Å². The van der Waals surface area contributed by atoms with Crippen LogP contribution in [0.25, 0.3) is 11.0 Å². The monoisotopic (exact) mass is 410 g/mol. The van der Waals surface area contributed by atoms with Crippen LogP contribution in [-0.4, -0.2) is 27.0 Å². The average Bonchev–Trinajstić information content (AvgIpc) is 2.71. The fourth-order valence-corrected chi connectivity index (χ4v) is 3.87. The van der Waals surface area contributed by atoms with Crippen molar-refractivity contribution in [2.75, 3.05) is 6.54 Å². The fourth-order valence-electron chi connectivity index (χ4n) is 3.74. The lowest BCUT2D eigenvalue weighted by Gasteiger charge is -2.20. The lowest BCUT2D eigenvalue weighted by molar-refractivity contribution is -0.121. The van der Waals surface area contributed by atoms with Crippen molar-refractivity contribution in [3.8, 4) is 0 Å². The molecule has 1 aromatic carbocycles. The second-order valence-corrected chi connectivity index (χ2v) is 8.15. The fraction of sp³-hybridized carbons (Fsp3) is 0.364. The molecule has 1 aliphatic rings. The summed E-state index contributed by atoms with van der Waals surface area (Å²) < 4.78 is 1.35. The summed E-state index contributed by atoms with van der Waals surface area (Å²) >= 11 is 5.88. The zero-order valence-electron chi connectivity index (χ0n) is 16.3. The molecule has 0 saturated carbocycles. The van der Waals surface area contributed by atoms with Crippen LogP contribution in [0, 0.1) is 5.92 Å². The maximum absolute atomic E-state index is 12.8. The molecule has 1 atom stereocenters. The van der Waals surface area contributed by atoms with Crippen LogP contribution >= 0.6 is 11.6 Å². The highest BCUT2D eigenvalue weighted by molar-refractivity contribution is 6.30. The highest BCUT2D eigenvalue weighted by Gasteiger charge is 2.19. The zero-order valence-corrected chi connectivity index (χ0v) is 17.1. The van der Waals surface area contributed by atoms with E-state index in [9.17, 15) is 9.59 Å². The Hall–Kier alpha value is -2.73. The highest BCUT2D eigenvalue weighted by Crippen LogP contribution is 2.25. The number of hydrogen-bond acceptors (Lipinski definition) is 4. The summed E-state index contributed by atoms with van der Waals surface area (Å²) in [6, 6.07) is 9.43. The molecule has 1 amide bonds. The predicted molar refractivity (Wildman–Crippen MR) is 113 cm³/mol. The summed E-state index contributed by atoms with van der Waals surface area (Å²) in [6.07, 6.45) is 5.07. The third kappa shape index (κ3) is 4.48. The summed E-state index contributed by atoms with van der Waals surface area (Å²) in [6.45, 7) is 2.64. The molecule has 4 rings (SSSR count). The molecule has 0 unspecified atom stereocenters. The zero-order chi connectivity index (χ0) is 20.4. The number of amides is 1. The molecule has 1 aliphatic carbocycles. The molecular formula is C22H23ClN4O2. The van der Waals surface area contributed by atoms with Gasteiger partial charge >= 0.3 is 0 Å². The largest absolute Gasteiger partial charge is 0.354 e. The maximum Gasteiger partial charge on any atom is 0.263 e. The van der Waals surface area contributed by atoms with E-state index in [4.69, 9.17) is 11.6 Å². The number of nitrogens with zero attached hydrogens (tertiary/aromatic N) is 3. The molecule has 1 N–H and O–H groups in total. The Morgan fingerprint density at radius 2 is 2.10 bits per heavy atom. The number of aromatic nitrogens is 3. The smallest absolute Gasteiger partial charge is 0.263 e. The highest BCUT2D eigenvalue weighted by atomic mass is 35.5. The lowest BCUT2D eigenvalue weighted by Crippen LogP contribution is -2.33. The van der Waals surface area contributed by atoms with Crippen molar-refractivity contribution in [3.63, 3.8) is 0 Å². The van der Waals surface area contributed by atoms with Crippen LogP contribution in [0.1, 0.15) is 30.2 Å². The van der Waals surface area contributed by atoms with Gasteiger partial charge in [0.2, 0.25) is 5.91 Å². The number of hydrogen-bond donors (Lipinski definition) is 1. The first-order valence-electron chi connectivity index (χ1n) is 9.88. The van der Waals surface area contributed by atoms with Crippen LogP contribution in [0.15, 0.2) is 41.5 Å². The second-order valence-electron chi connectivity index (χ2n) is 7.72. The second kappa shape index (κ2) is 8.33. The quantitative estimate of drug-likeness (QED) is 0.701. The van der Waals surface area contributed by atoms with Crippen molar-refractivity contribution in [2.45, 2.75) is 39.2 Å². The molecule has 0 bridgehead atoms. The third-order valence-corrected chi connectivity index (χ3v) is 5.64. The first-order chi connectivity index (χ1) is 14.0. The number of pyridine rings is 1. The number of aryl methyl sites for hydroxylation is 1. The summed E-state index contributed by atoms with van der Waals surface area (Å²) in [5.74, 6) is 0.369. The summed E-state index contributed by atoms with van der Waals surface area (Å²) in [5.41, 5.74) is 3.49. The molecule has 29 heavy (non-hydrogen) atoms. The van der Waals surface area contributed by atoms with E-state index in [1.165, 1.54) is 10.9 Å². The van der Waals surface area contributed by atoms with E-state index < -0.39 is 0 Å². The van der Waals surface area contributed by atoms with Gasteiger partial charge in [-0.25, -0.2) is 9.97 Å². The van der Waals surface area contributed by atoms with Gasteiger partial charge in [0.1, 0.15) is 12.9 Å². The molecule has 2 aromatic heterocycles. The van der Waals surface area contributed by atoms with Crippen molar-refractivity contribution < 1.29 is 4.79 Å². The normalized spacial score (nSPS) is 15.9. The lowest BCUT2D eigenvalue weighted by atomic mass is 9.87. The number of fused-ring (bicyclic) bond motifs is 2. The van der Waals surface area contributed by atoms with Gasteiger partial charge < -0.3 is 5.32 Å². The molecule has 2 heterocycles. The van der Waals surface area contributed by atoms with Crippen LogP contribution in [0.3, 0.4) is 0 Å². The molecule has 3 aromatic rings. The van der Waals surface area contributed by atoms with Crippen LogP contribution < -0.4 is 10.9 Å². The summed E-state index contributed by atoms with van der Waals surface area (Å²) in [5, 5.41) is 4.02. The van der Waals surface area contributed by atoms with Crippen molar-refractivity contribution in [1.29, 1.82) is 0 Å². The molecule has 0 radical (unpaired) electrons. The average molecular weight is 411 g/mol. The Balaban J connectivity index is 1.44. The van der Waals surface area contributed by atoms with Gasteiger partial charge in [-0.3, -0.25) is 14.2 Å². The van der Waals surface area contributed by atoms with Gasteiger partial charge in [-0.05, 0) is 60.9 Å². The summed E-state index contributed by atoms with van der Waals surface area (Å²) in [4.78, 5) is 34.0. The van der Waals surface area contributed by atoms with E-state index >= 15 is 0 Å². The van der Waals surface area contributed by atoms with Gasteiger partial charge in [-0.1, -0.05) is 30.7 Å². The van der Waals surface area contributed by atoms with Crippen LogP contribution in [0.4, 0.5) is 0 Å². The Morgan fingerprint density at radius 3 is 2.90 bits per heavy atom. The molecular weight excluding hydrogens is 388 g/mol. The molecule has 150 valence electrons. The van der Waals surface area contributed by atoms with E-state index in [-0.39, 0.29) is 18.0 Å². The maximum atomic E-state index is 12.8. The molecule has 0 fully saturated rings.